The lowest BCUT2D eigenvalue weighted by molar-refractivity contribution is -0.171. The van der Waals surface area contributed by atoms with Gasteiger partial charge in [0.2, 0.25) is 0 Å². The Labute approximate surface area is 227 Å². The van der Waals surface area contributed by atoms with Crippen molar-refractivity contribution in [2.75, 3.05) is 20.3 Å². The third kappa shape index (κ3) is 4.46. The number of hydrogen-bond donors (Lipinski definition) is 0. The highest BCUT2D eigenvalue weighted by molar-refractivity contribution is 6.12. The lowest BCUT2D eigenvalue weighted by Gasteiger charge is -2.24. The van der Waals surface area contributed by atoms with Gasteiger partial charge in [-0.25, -0.2) is 4.79 Å². The van der Waals surface area contributed by atoms with Crippen LogP contribution in [0.15, 0.2) is 78.9 Å². The molecule has 5 rings (SSSR count). The Hall–Kier alpha value is -4.45. The van der Waals surface area contributed by atoms with E-state index in [0.717, 1.165) is 44.2 Å². The van der Waals surface area contributed by atoms with Crippen molar-refractivity contribution in [1.29, 1.82) is 0 Å². The van der Waals surface area contributed by atoms with Crippen LogP contribution in [-0.4, -0.2) is 38.2 Å². The van der Waals surface area contributed by atoms with Gasteiger partial charge in [-0.1, -0.05) is 66.7 Å². The summed E-state index contributed by atoms with van der Waals surface area (Å²) in [6, 6.07) is 25.2. The second kappa shape index (κ2) is 10.7. The van der Waals surface area contributed by atoms with Gasteiger partial charge in [-0.3, -0.25) is 9.59 Å². The topological polar surface area (TPSA) is 78.9 Å². The second-order valence-electron chi connectivity index (χ2n) is 9.57. The van der Waals surface area contributed by atoms with Crippen molar-refractivity contribution >= 4 is 28.7 Å². The van der Waals surface area contributed by atoms with E-state index in [0.29, 0.717) is 5.56 Å². The third-order valence-electron chi connectivity index (χ3n) is 7.36. The fourth-order valence-corrected chi connectivity index (χ4v) is 5.68. The first-order valence-electron chi connectivity index (χ1n) is 13.1. The van der Waals surface area contributed by atoms with E-state index in [2.05, 4.69) is 0 Å². The van der Waals surface area contributed by atoms with E-state index in [1.165, 1.54) is 7.11 Å². The normalized spacial score (nSPS) is 13.5. The Morgan fingerprint density at radius 3 is 1.64 bits per heavy atom. The van der Waals surface area contributed by atoms with Gasteiger partial charge in [0.05, 0.1) is 25.9 Å². The number of fused-ring (bicyclic) bond motifs is 2. The molecule has 0 bridgehead atoms. The van der Waals surface area contributed by atoms with Gasteiger partial charge in [0.15, 0.2) is 5.41 Å². The minimum absolute atomic E-state index is 0.127. The molecule has 39 heavy (non-hydrogen) atoms. The summed E-state index contributed by atoms with van der Waals surface area (Å²) in [5, 5.41) is 1.75. The highest BCUT2D eigenvalue weighted by Crippen LogP contribution is 2.51. The Kier molecular flexibility index (Phi) is 7.20. The number of esters is 3. The second-order valence-corrected chi connectivity index (χ2v) is 9.57. The molecule has 0 aromatic heterocycles. The summed E-state index contributed by atoms with van der Waals surface area (Å²) in [4.78, 5) is 39.7. The minimum atomic E-state index is -1.51. The average Bonchev–Trinajstić information content (AvgIpc) is 3.37. The molecule has 0 amide bonds. The number of hydrogen-bond acceptors (Lipinski definition) is 6. The van der Waals surface area contributed by atoms with Crippen molar-refractivity contribution < 1.29 is 28.6 Å². The Bertz CT molecular complexity index is 1540. The molecule has 4 aromatic rings. The van der Waals surface area contributed by atoms with Crippen LogP contribution in [0.2, 0.25) is 0 Å². The number of carbonyl (C=O) groups excluding carboxylic acids is 3. The molecule has 0 atom stereocenters. The van der Waals surface area contributed by atoms with E-state index in [9.17, 15) is 14.4 Å². The smallest absolute Gasteiger partial charge is 0.337 e. The first-order chi connectivity index (χ1) is 18.9. The van der Waals surface area contributed by atoms with E-state index in [-0.39, 0.29) is 26.1 Å². The molecule has 0 heterocycles. The van der Waals surface area contributed by atoms with E-state index >= 15 is 0 Å². The summed E-state index contributed by atoms with van der Waals surface area (Å²) in [5.41, 5.74) is 4.35. The molecule has 4 aromatic carbocycles. The number of methoxy groups -OCH3 is 1. The number of benzene rings is 4. The molecule has 0 aliphatic heterocycles. The number of carbonyl (C=O) groups is 3. The van der Waals surface area contributed by atoms with E-state index in [1.807, 2.05) is 72.8 Å². The van der Waals surface area contributed by atoms with Crippen molar-refractivity contribution in [3.05, 3.63) is 95.6 Å². The monoisotopic (exact) mass is 522 g/mol. The Morgan fingerprint density at radius 1 is 0.692 bits per heavy atom. The molecule has 0 unspecified atom stereocenters. The van der Waals surface area contributed by atoms with Crippen LogP contribution in [-0.2, 0) is 36.6 Å². The molecule has 0 saturated carbocycles. The highest BCUT2D eigenvalue weighted by atomic mass is 16.6. The van der Waals surface area contributed by atoms with Crippen molar-refractivity contribution in [1.82, 2.24) is 0 Å². The average molecular weight is 523 g/mol. The summed E-state index contributed by atoms with van der Waals surface area (Å²) in [7, 11) is 1.36. The van der Waals surface area contributed by atoms with E-state index < -0.39 is 23.3 Å². The predicted molar refractivity (Wildman–Crippen MR) is 149 cm³/mol. The molecule has 6 heteroatoms. The van der Waals surface area contributed by atoms with Crippen LogP contribution in [0.3, 0.4) is 0 Å². The zero-order chi connectivity index (χ0) is 27.6. The molecule has 0 fully saturated rings. The van der Waals surface area contributed by atoms with Crippen LogP contribution in [0, 0.1) is 5.41 Å². The standard InChI is InChI=1S/C33H30O6/c1-4-38-31(35)33(32(36)39-5-2)19-26-27(20-33)29(22-14-10-7-11-15-22)25-18-23(30(34)37-3)16-17-24(25)28(26)21-12-8-6-9-13-21/h6-18H,4-5,19-20H2,1-3H3. The lowest BCUT2D eigenvalue weighted by atomic mass is 9.84. The molecule has 198 valence electrons. The van der Waals surface area contributed by atoms with E-state index in [1.54, 1.807) is 19.9 Å². The zero-order valence-corrected chi connectivity index (χ0v) is 22.3. The molecular weight excluding hydrogens is 492 g/mol. The molecule has 0 saturated heterocycles. The fourth-order valence-electron chi connectivity index (χ4n) is 5.68. The van der Waals surface area contributed by atoms with Crippen LogP contribution in [0.25, 0.3) is 33.0 Å². The Balaban J connectivity index is 1.91. The first kappa shape index (κ1) is 26.2. The predicted octanol–water partition coefficient (Wildman–Crippen LogP) is 6.17. The summed E-state index contributed by atoms with van der Waals surface area (Å²) in [6.45, 7) is 3.76. The molecule has 1 aliphatic rings. The van der Waals surface area contributed by atoms with Crippen LogP contribution < -0.4 is 0 Å². The van der Waals surface area contributed by atoms with Crippen LogP contribution in [0.1, 0.15) is 35.3 Å². The third-order valence-corrected chi connectivity index (χ3v) is 7.36. The van der Waals surface area contributed by atoms with Gasteiger partial charge in [-0.2, -0.15) is 0 Å². The summed E-state index contributed by atoms with van der Waals surface area (Å²) in [6.07, 6.45) is 0.279. The quantitative estimate of drug-likeness (QED) is 0.164. The van der Waals surface area contributed by atoms with Crippen molar-refractivity contribution in [2.45, 2.75) is 26.7 Å². The lowest BCUT2D eigenvalue weighted by Crippen LogP contribution is -2.43. The zero-order valence-electron chi connectivity index (χ0n) is 22.3. The fraction of sp³-hybridized carbons (Fsp3) is 0.242. The van der Waals surface area contributed by atoms with Gasteiger partial charge in [0.1, 0.15) is 0 Å². The number of ether oxygens (including phenoxy) is 3. The summed E-state index contributed by atoms with van der Waals surface area (Å²) < 4.78 is 16.0. The molecule has 1 aliphatic carbocycles. The van der Waals surface area contributed by atoms with Crippen molar-refractivity contribution in [3.63, 3.8) is 0 Å². The van der Waals surface area contributed by atoms with Crippen LogP contribution in [0.4, 0.5) is 0 Å². The van der Waals surface area contributed by atoms with Gasteiger partial charge < -0.3 is 14.2 Å². The van der Waals surface area contributed by atoms with Gasteiger partial charge >= 0.3 is 17.9 Å². The maximum atomic E-state index is 13.5. The number of rotatable bonds is 7. The van der Waals surface area contributed by atoms with Crippen molar-refractivity contribution in [3.8, 4) is 22.3 Å². The maximum Gasteiger partial charge on any atom is 0.337 e. The van der Waals surface area contributed by atoms with Crippen LogP contribution in [0.5, 0.6) is 0 Å². The highest BCUT2D eigenvalue weighted by Gasteiger charge is 2.54. The van der Waals surface area contributed by atoms with Gasteiger partial charge in [-0.05, 0) is 70.1 Å². The molecule has 0 spiro atoms. The SMILES string of the molecule is CCOC(=O)C1(C(=O)OCC)Cc2c(c(-c3ccccc3)c3cc(C(=O)OC)ccc3c2-c2ccccc2)C1. The van der Waals surface area contributed by atoms with Crippen LogP contribution >= 0.6 is 0 Å². The Morgan fingerprint density at radius 2 is 1.18 bits per heavy atom. The molecule has 0 radical (unpaired) electrons. The van der Waals surface area contributed by atoms with E-state index in [4.69, 9.17) is 14.2 Å². The molecule has 6 nitrogen and oxygen atoms in total. The van der Waals surface area contributed by atoms with Crippen molar-refractivity contribution in [2.24, 2.45) is 5.41 Å². The maximum absolute atomic E-state index is 13.5. The first-order valence-corrected chi connectivity index (χ1v) is 13.1. The van der Waals surface area contributed by atoms with Gasteiger partial charge in [0.25, 0.3) is 0 Å². The summed E-state index contributed by atoms with van der Waals surface area (Å²) in [5.74, 6) is -1.61. The minimum Gasteiger partial charge on any atom is -0.465 e. The molecular formula is C33H30O6. The summed E-state index contributed by atoms with van der Waals surface area (Å²) >= 11 is 0. The van der Waals surface area contributed by atoms with Gasteiger partial charge in [0, 0.05) is 12.8 Å². The van der Waals surface area contributed by atoms with Gasteiger partial charge in [-0.15, -0.1) is 0 Å². The largest absolute Gasteiger partial charge is 0.465 e. The molecule has 0 N–H and O–H groups in total.